The van der Waals surface area contributed by atoms with E-state index in [2.05, 4.69) is 44.0 Å². The Hall–Kier alpha value is -1.70. The number of aromatic nitrogens is 2. The summed E-state index contributed by atoms with van der Waals surface area (Å²) in [4.78, 5) is 18.3. The number of carbonyl (C=O) groups excluding carboxylic acids is 1. The third-order valence-corrected chi connectivity index (χ3v) is 6.21. The largest absolute Gasteiger partial charge is 0.550 e. The summed E-state index contributed by atoms with van der Waals surface area (Å²) < 4.78 is 3.22. The molecule has 1 fully saturated rings. The first kappa shape index (κ1) is 16.8. The topological polar surface area (TPSA) is 61.9 Å². The number of carboxylic acids is 1. The highest BCUT2D eigenvalue weighted by Crippen LogP contribution is 2.27. The molecule has 0 unspecified atom stereocenters. The monoisotopic (exact) mass is 419 g/mol. The van der Waals surface area contributed by atoms with Crippen molar-refractivity contribution >= 4 is 38.2 Å². The second-order valence-electron chi connectivity index (χ2n) is 6.49. The number of quaternary nitrogens is 1. The number of thiazole rings is 1. The molecule has 4 rings (SSSR count). The zero-order valence-corrected chi connectivity index (χ0v) is 16.0. The van der Waals surface area contributed by atoms with Crippen molar-refractivity contribution in [2.75, 3.05) is 13.1 Å². The van der Waals surface area contributed by atoms with Gasteiger partial charge in [-0.3, -0.25) is 4.40 Å². The van der Waals surface area contributed by atoms with Crippen molar-refractivity contribution in [3.05, 3.63) is 46.0 Å². The zero-order valence-electron chi connectivity index (χ0n) is 13.6. The number of hydrogen-bond donors (Lipinski definition) is 1. The van der Waals surface area contributed by atoms with Crippen LogP contribution >= 0.6 is 27.3 Å². The van der Waals surface area contributed by atoms with E-state index in [0.29, 0.717) is 12.8 Å². The number of halogens is 1. The number of carbonyl (C=O) groups is 1. The maximum Gasteiger partial charge on any atom is 0.194 e. The Morgan fingerprint density at radius 3 is 2.72 bits per heavy atom. The molecule has 0 aliphatic carbocycles. The SMILES string of the molecule is O=C([O-])C1CC[NH+](Cc2c(-c3ccc(Br)cc3)nc3sccn23)CC1. The third kappa shape index (κ3) is 3.36. The number of rotatable bonds is 4. The van der Waals surface area contributed by atoms with E-state index in [1.807, 2.05) is 12.1 Å². The van der Waals surface area contributed by atoms with Gasteiger partial charge in [-0.05, 0) is 12.1 Å². The molecule has 0 atom stereocenters. The number of carboxylic acid groups (broad SMARTS) is 1. The van der Waals surface area contributed by atoms with Gasteiger partial charge in [0.05, 0.1) is 18.8 Å². The molecule has 0 saturated carbocycles. The van der Waals surface area contributed by atoms with Crippen LogP contribution in [-0.2, 0) is 11.3 Å². The average molecular weight is 420 g/mol. The fraction of sp³-hybridized carbons (Fsp3) is 0.333. The Balaban J connectivity index is 1.62. The number of hydrogen-bond acceptors (Lipinski definition) is 4. The molecule has 0 bridgehead atoms. The molecule has 0 spiro atoms. The van der Waals surface area contributed by atoms with Crippen molar-refractivity contribution in [1.29, 1.82) is 0 Å². The van der Waals surface area contributed by atoms with Gasteiger partial charge >= 0.3 is 0 Å². The number of piperidine rings is 1. The summed E-state index contributed by atoms with van der Waals surface area (Å²) in [5.41, 5.74) is 3.33. The molecule has 1 aliphatic heterocycles. The van der Waals surface area contributed by atoms with Crippen LogP contribution in [0.15, 0.2) is 40.3 Å². The first-order valence-corrected chi connectivity index (χ1v) is 10.0. The summed E-state index contributed by atoms with van der Waals surface area (Å²) in [5.74, 6) is -1.19. The molecule has 3 aromatic rings. The van der Waals surface area contributed by atoms with Gasteiger partial charge in [0.25, 0.3) is 0 Å². The summed E-state index contributed by atoms with van der Waals surface area (Å²) in [6.45, 7) is 2.56. The van der Waals surface area contributed by atoms with Gasteiger partial charge < -0.3 is 14.8 Å². The fourth-order valence-corrected chi connectivity index (χ4v) is 4.51. The van der Waals surface area contributed by atoms with Crippen LogP contribution < -0.4 is 10.0 Å². The second kappa shape index (κ2) is 6.90. The molecule has 1 aromatic carbocycles. The van der Waals surface area contributed by atoms with Crippen LogP contribution in [0.1, 0.15) is 18.5 Å². The molecule has 1 aliphatic rings. The van der Waals surface area contributed by atoms with E-state index in [1.54, 1.807) is 11.3 Å². The van der Waals surface area contributed by atoms with Gasteiger partial charge in [0.1, 0.15) is 12.2 Å². The number of imidazole rings is 1. The van der Waals surface area contributed by atoms with Gasteiger partial charge in [-0.2, -0.15) is 0 Å². The lowest BCUT2D eigenvalue weighted by molar-refractivity contribution is -0.919. The molecule has 0 radical (unpaired) electrons. The normalized spacial score (nSPS) is 20.8. The van der Waals surface area contributed by atoms with Gasteiger partial charge in [-0.15, -0.1) is 11.3 Å². The van der Waals surface area contributed by atoms with Crippen LogP contribution in [0.4, 0.5) is 0 Å². The lowest BCUT2D eigenvalue weighted by Crippen LogP contribution is -3.12. The number of fused-ring (bicyclic) bond motifs is 1. The highest BCUT2D eigenvalue weighted by molar-refractivity contribution is 9.10. The number of likely N-dealkylation sites (tertiary alicyclic amines) is 1. The molecule has 5 nitrogen and oxygen atoms in total. The van der Waals surface area contributed by atoms with E-state index in [-0.39, 0.29) is 5.92 Å². The average Bonchev–Trinajstić information content (AvgIpc) is 3.19. The molecule has 0 amide bonds. The number of benzene rings is 1. The summed E-state index contributed by atoms with van der Waals surface area (Å²) >= 11 is 5.11. The lowest BCUT2D eigenvalue weighted by atomic mass is 9.97. The lowest BCUT2D eigenvalue weighted by Gasteiger charge is -2.29. The maximum atomic E-state index is 11.0. The summed E-state index contributed by atoms with van der Waals surface area (Å²) in [5, 5.41) is 13.1. The van der Waals surface area contributed by atoms with E-state index in [9.17, 15) is 9.90 Å². The van der Waals surface area contributed by atoms with E-state index < -0.39 is 5.97 Å². The Kier molecular flexibility index (Phi) is 4.62. The molecular formula is C18H18BrN3O2S. The third-order valence-electron chi connectivity index (χ3n) is 4.92. The molecule has 7 heteroatoms. The smallest absolute Gasteiger partial charge is 0.194 e. The molecule has 2 aromatic heterocycles. The van der Waals surface area contributed by atoms with Gasteiger partial charge in [-0.1, -0.05) is 28.1 Å². The highest BCUT2D eigenvalue weighted by Gasteiger charge is 2.26. The Morgan fingerprint density at radius 1 is 1.32 bits per heavy atom. The molecule has 3 heterocycles. The molecular weight excluding hydrogens is 402 g/mol. The molecule has 130 valence electrons. The van der Waals surface area contributed by atoms with Gasteiger partial charge in [0.15, 0.2) is 4.96 Å². The number of nitrogens with zero attached hydrogens (tertiary/aromatic N) is 2. The minimum Gasteiger partial charge on any atom is -0.550 e. The summed E-state index contributed by atoms with van der Waals surface area (Å²) in [6.07, 6.45) is 3.45. The summed E-state index contributed by atoms with van der Waals surface area (Å²) in [7, 11) is 0. The van der Waals surface area contributed by atoms with Crippen molar-refractivity contribution in [2.45, 2.75) is 19.4 Å². The van der Waals surface area contributed by atoms with Crippen LogP contribution in [0.2, 0.25) is 0 Å². The Labute approximate surface area is 158 Å². The summed E-state index contributed by atoms with van der Waals surface area (Å²) in [6, 6.07) is 8.23. The van der Waals surface area contributed by atoms with E-state index >= 15 is 0 Å². The van der Waals surface area contributed by atoms with Crippen LogP contribution in [0.3, 0.4) is 0 Å². The predicted octanol–water partition coefficient (Wildman–Crippen LogP) is 1.37. The maximum absolute atomic E-state index is 11.0. The van der Waals surface area contributed by atoms with Gasteiger partial charge in [-0.25, -0.2) is 4.98 Å². The van der Waals surface area contributed by atoms with Crippen molar-refractivity contribution in [2.24, 2.45) is 5.92 Å². The molecule has 1 saturated heterocycles. The van der Waals surface area contributed by atoms with Gasteiger partial charge in [0.2, 0.25) is 0 Å². The first-order valence-electron chi connectivity index (χ1n) is 8.36. The predicted molar refractivity (Wildman–Crippen MR) is 98.3 cm³/mol. The minimum atomic E-state index is -0.904. The Bertz CT molecular complexity index is 895. The van der Waals surface area contributed by atoms with Crippen LogP contribution in [0.5, 0.6) is 0 Å². The van der Waals surface area contributed by atoms with Crippen molar-refractivity contribution in [1.82, 2.24) is 9.38 Å². The highest BCUT2D eigenvalue weighted by atomic mass is 79.9. The van der Waals surface area contributed by atoms with Crippen molar-refractivity contribution in [3.63, 3.8) is 0 Å². The van der Waals surface area contributed by atoms with Crippen LogP contribution in [-0.4, -0.2) is 28.4 Å². The fourth-order valence-electron chi connectivity index (χ4n) is 3.52. The Morgan fingerprint density at radius 2 is 2.04 bits per heavy atom. The number of aliphatic carboxylic acids is 1. The van der Waals surface area contributed by atoms with Crippen molar-refractivity contribution in [3.8, 4) is 11.3 Å². The van der Waals surface area contributed by atoms with Crippen LogP contribution in [0.25, 0.3) is 16.2 Å². The standard InChI is InChI=1S/C18H18BrN3O2S/c19-14-3-1-12(2-4-14)16-15(22-9-10-25-18(22)20-16)11-21-7-5-13(6-8-21)17(23)24/h1-4,9-10,13H,5-8,11H2,(H,23,24). The van der Waals surface area contributed by atoms with Crippen molar-refractivity contribution < 1.29 is 14.8 Å². The van der Waals surface area contributed by atoms with E-state index in [0.717, 1.165) is 40.3 Å². The second-order valence-corrected chi connectivity index (χ2v) is 8.28. The zero-order chi connectivity index (χ0) is 17.4. The van der Waals surface area contributed by atoms with E-state index in [4.69, 9.17) is 4.98 Å². The van der Waals surface area contributed by atoms with Crippen LogP contribution in [0, 0.1) is 5.92 Å². The first-order chi connectivity index (χ1) is 12.1. The minimum absolute atomic E-state index is 0.290. The van der Waals surface area contributed by atoms with Gasteiger partial charge in [0, 0.05) is 46.3 Å². The van der Waals surface area contributed by atoms with E-state index in [1.165, 1.54) is 10.6 Å². The molecule has 25 heavy (non-hydrogen) atoms. The quantitative estimate of drug-likeness (QED) is 0.694. The number of nitrogens with one attached hydrogen (secondary N) is 1. The molecule has 1 N–H and O–H groups in total.